The van der Waals surface area contributed by atoms with Gasteiger partial charge in [0.15, 0.2) is 0 Å². The van der Waals surface area contributed by atoms with Gasteiger partial charge in [0.25, 0.3) is 0 Å². The van der Waals surface area contributed by atoms with Gasteiger partial charge in [-0.15, -0.1) is 0 Å². The molecule has 4 aromatic rings. The maximum Gasteiger partial charge on any atom is 0.244 e. The van der Waals surface area contributed by atoms with Gasteiger partial charge >= 0.3 is 0 Å². The maximum absolute atomic E-state index is 9.56. The summed E-state index contributed by atoms with van der Waals surface area (Å²) in [5.41, 5.74) is 9.65. The van der Waals surface area contributed by atoms with Gasteiger partial charge in [0.2, 0.25) is 5.95 Å². The normalized spacial score (nSPS) is 11.0. The van der Waals surface area contributed by atoms with Crippen LogP contribution in [0.25, 0.3) is 22.5 Å². The monoisotopic (exact) mass is 394 g/mol. The number of hydrogen-bond donors (Lipinski definition) is 2. The third-order valence-electron chi connectivity index (χ3n) is 4.76. The predicted molar refractivity (Wildman–Crippen MR) is 122 cm³/mol. The van der Waals surface area contributed by atoms with E-state index < -0.39 is 0 Å². The van der Waals surface area contributed by atoms with Crippen molar-refractivity contribution in [2.24, 2.45) is 5.10 Å². The molecule has 0 aliphatic heterocycles. The van der Waals surface area contributed by atoms with Crippen molar-refractivity contribution >= 4 is 12.2 Å². The van der Waals surface area contributed by atoms with Crippen LogP contribution in [0.4, 0.5) is 5.95 Å². The molecule has 4 rings (SSSR count). The number of phenolic OH excluding ortho intramolecular Hbond substituents is 1. The Kier molecular flexibility index (Phi) is 5.52. The first kappa shape index (κ1) is 19.3. The summed E-state index contributed by atoms with van der Waals surface area (Å²) in [6.07, 6.45) is 1.69. The van der Waals surface area contributed by atoms with Crippen LogP contribution in [-0.2, 0) is 0 Å². The molecule has 0 amide bonds. The standard InChI is InChI=1S/C25H22N4O/c1-17-8-10-20(11-9-17)24-15-23(19-6-4-3-5-7-19)27-25(28-24)29-26-16-21-12-13-22(30)14-18(21)2/h3-16,30H,1-2H3,(H,27,28,29)/b26-16+. The maximum atomic E-state index is 9.56. The second-order valence-corrected chi connectivity index (χ2v) is 7.10. The van der Waals surface area contributed by atoms with Gasteiger partial charge in [-0.25, -0.2) is 15.4 Å². The summed E-state index contributed by atoms with van der Waals surface area (Å²) >= 11 is 0. The van der Waals surface area contributed by atoms with Crippen molar-refractivity contribution in [3.05, 3.63) is 95.6 Å². The van der Waals surface area contributed by atoms with Crippen LogP contribution >= 0.6 is 0 Å². The zero-order valence-electron chi connectivity index (χ0n) is 16.9. The van der Waals surface area contributed by atoms with Gasteiger partial charge in [0, 0.05) is 11.1 Å². The molecule has 0 bridgehead atoms. The molecule has 2 N–H and O–H groups in total. The van der Waals surface area contributed by atoms with Crippen LogP contribution in [0.1, 0.15) is 16.7 Å². The lowest BCUT2D eigenvalue weighted by atomic mass is 10.1. The lowest BCUT2D eigenvalue weighted by Gasteiger charge is -2.09. The summed E-state index contributed by atoms with van der Waals surface area (Å²) in [7, 11) is 0. The number of nitrogens with one attached hydrogen (secondary N) is 1. The Labute approximate surface area is 175 Å². The van der Waals surface area contributed by atoms with Gasteiger partial charge in [-0.05, 0) is 49.2 Å². The minimum atomic E-state index is 0.235. The van der Waals surface area contributed by atoms with Crippen molar-refractivity contribution < 1.29 is 5.11 Å². The van der Waals surface area contributed by atoms with Gasteiger partial charge in [0.05, 0.1) is 17.6 Å². The highest BCUT2D eigenvalue weighted by Crippen LogP contribution is 2.25. The summed E-state index contributed by atoms with van der Waals surface area (Å²) in [4.78, 5) is 9.29. The number of aryl methyl sites for hydroxylation is 2. The van der Waals surface area contributed by atoms with Crippen molar-refractivity contribution in [1.82, 2.24) is 9.97 Å². The van der Waals surface area contributed by atoms with E-state index in [0.29, 0.717) is 5.95 Å². The Morgan fingerprint density at radius 2 is 1.47 bits per heavy atom. The minimum absolute atomic E-state index is 0.235. The summed E-state index contributed by atoms with van der Waals surface area (Å²) in [6, 6.07) is 25.4. The first-order chi connectivity index (χ1) is 14.6. The minimum Gasteiger partial charge on any atom is -0.508 e. The summed E-state index contributed by atoms with van der Waals surface area (Å²) < 4.78 is 0. The second-order valence-electron chi connectivity index (χ2n) is 7.10. The third kappa shape index (κ3) is 4.52. The average molecular weight is 394 g/mol. The fourth-order valence-corrected chi connectivity index (χ4v) is 3.09. The molecule has 1 aromatic heterocycles. The molecule has 148 valence electrons. The molecule has 0 atom stereocenters. The molecule has 0 saturated heterocycles. The number of benzene rings is 3. The van der Waals surface area contributed by atoms with Crippen LogP contribution < -0.4 is 5.43 Å². The molecule has 5 nitrogen and oxygen atoms in total. The van der Waals surface area contributed by atoms with Crippen molar-refractivity contribution in [2.75, 3.05) is 5.43 Å². The molecular weight excluding hydrogens is 372 g/mol. The van der Waals surface area contributed by atoms with E-state index in [1.807, 2.05) is 49.4 Å². The highest BCUT2D eigenvalue weighted by Gasteiger charge is 2.08. The van der Waals surface area contributed by atoms with Crippen LogP contribution in [0.5, 0.6) is 5.75 Å². The lowest BCUT2D eigenvalue weighted by molar-refractivity contribution is 0.475. The molecule has 0 aliphatic rings. The lowest BCUT2D eigenvalue weighted by Crippen LogP contribution is -2.00. The number of anilines is 1. The van der Waals surface area contributed by atoms with E-state index in [1.165, 1.54) is 5.56 Å². The zero-order valence-corrected chi connectivity index (χ0v) is 16.9. The highest BCUT2D eigenvalue weighted by atomic mass is 16.3. The van der Waals surface area contributed by atoms with Crippen LogP contribution in [0, 0.1) is 13.8 Å². The Bertz CT molecular complexity index is 1190. The van der Waals surface area contributed by atoms with E-state index in [9.17, 15) is 5.11 Å². The quantitative estimate of drug-likeness (QED) is 0.342. The van der Waals surface area contributed by atoms with Crippen LogP contribution in [0.3, 0.4) is 0 Å². The molecule has 0 aliphatic carbocycles. The van der Waals surface area contributed by atoms with Gasteiger partial charge in [-0.2, -0.15) is 5.10 Å². The summed E-state index contributed by atoms with van der Waals surface area (Å²) in [5.74, 6) is 0.652. The van der Waals surface area contributed by atoms with E-state index in [1.54, 1.807) is 18.3 Å². The van der Waals surface area contributed by atoms with Crippen molar-refractivity contribution in [2.45, 2.75) is 13.8 Å². The fraction of sp³-hybridized carbons (Fsp3) is 0.0800. The van der Waals surface area contributed by atoms with Crippen LogP contribution in [0.15, 0.2) is 84.0 Å². The number of rotatable bonds is 5. The van der Waals surface area contributed by atoms with Gasteiger partial charge in [-0.1, -0.05) is 60.2 Å². The highest BCUT2D eigenvalue weighted by molar-refractivity contribution is 5.82. The van der Waals surface area contributed by atoms with Crippen molar-refractivity contribution in [3.63, 3.8) is 0 Å². The van der Waals surface area contributed by atoms with E-state index in [2.05, 4.69) is 51.7 Å². The molecule has 0 unspecified atom stereocenters. The van der Waals surface area contributed by atoms with E-state index in [-0.39, 0.29) is 5.75 Å². The predicted octanol–water partition coefficient (Wildman–Crippen LogP) is 5.58. The molecule has 3 aromatic carbocycles. The third-order valence-corrected chi connectivity index (χ3v) is 4.76. The average Bonchev–Trinajstić information content (AvgIpc) is 2.76. The van der Waals surface area contributed by atoms with E-state index >= 15 is 0 Å². The molecule has 5 heteroatoms. The Morgan fingerprint density at radius 1 is 0.800 bits per heavy atom. The number of nitrogens with zero attached hydrogens (tertiary/aromatic N) is 3. The van der Waals surface area contributed by atoms with Crippen molar-refractivity contribution in [3.8, 4) is 28.3 Å². The topological polar surface area (TPSA) is 70.4 Å². The molecule has 1 heterocycles. The summed E-state index contributed by atoms with van der Waals surface area (Å²) in [6.45, 7) is 3.98. The van der Waals surface area contributed by atoms with E-state index in [0.717, 1.165) is 33.6 Å². The van der Waals surface area contributed by atoms with Crippen LogP contribution in [-0.4, -0.2) is 21.3 Å². The van der Waals surface area contributed by atoms with Gasteiger partial charge in [0.1, 0.15) is 5.75 Å². The molecule has 0 spiro atoms. The number of aromatic nitrogens is 2. The molecule has 30 heavy (non-hydrogen) atoms. The zero-order chi connectivity index (χ0) is 20.9. The second kappa shape index (κ2) is 8.57. The number of hydrazone groups is 1. The van der Waals surface area contributed by atoms with Gasteiger partial charge in [-0.3, -0.25) is 0 Å². The Hall–Kier alpha value is -3.99. The fourth-order valence-electron chi connectivity index (χ4n) is 3.09. The van der Waals surface area contributed by atoms with Crippen LogP contribution in [0.2, 0.25) is 0 Å². The molecule has 0 saturated carbocycles. The first-order valence-corrected chi connectivity index (χ1v) is 9.69. The number of hydrogen-bond acceptors (Lipinski definition) is 5. The number of phenols is 1. The summed E-state index contributed by atoms with van der Waals surface area (Å²) in [5, 5.41) is 13.9. The largest absolute Gasteiger partial charge is 0.508 e. The smallest absolute Gasteiger partial charge is 0.244 e. The van der Waals surface area contributed by atoms with Crippen molar-refractivity contribution in [1.29, 1.82) is 0 Å². The first-order valence-electron chi connectivity index (χ1n) is 9.69. The van der Waals surface area contributed by atoms with E-state index in [4.69, 9.17) is 0 Å². The Morgan fingerprint density at radius 3 is 2.13 bits per heavy atom. The van der Waals surface area contributed by atoms with Gasteiger partial charge < -0.3 is 5.11 Å². The molecular formula is C25H22N4O. The number of aromatic hydroxyl groups is 1. The Balaban J connectivity index is 1.68. The molecule has 0 radical (unpaired) electrons. The molecule has 0 fully saturated rings. The SMILES string of the molecule is Cc1ccc(-c2cc(-c3ccccc3)nc(N/N=C/c3ccc(O)cc3C)n2)cc1.